The molecule has 2 aromatic rings. The second kappa shape index (κ2) is 8.97. The first-order valence-electron chi connectivity index (χ1n) is 5.94. The van der Waals surface area contributed by atoms with Gasteiger partial charge in [0.25, 0.3) is 5.88 Å². The highest BCUT2D eigenvalue weighted by Crippen LogP contribution is 2.15. The van der Waals surface area contributed by atoms with Crippen LogP contribution in [0.25, 0.3) is 0 Å². The second-order valence-electron chi connectivity index (χ2n) is 4.27. The molecule has 0 aliphatic rings. The molecular weight excluding hydrogens is 361 g/mol. The van der Waals surface area contributed by atoms with Crippen LogP contribution in [0.3, 0.4) is 0 Å². The van der Waals surface area contributed by atoms with Crippen LogP contribution in [0, 0.1) is 17.6 Å². The number of nitrogens with zero attached hydrogens (tertiary/aromatic N) is 4. The van der Waals surface area contributed by atoms with E-state index in [1.54, 1.807) is 0 Å². The van der Waals surface area contributed by atoms with Gasteiger partial charge in [-0.05, 0) is 29.1 Å². The van der Waals surface area contributed by atoms with Gasteiger partial charge in [-0.25, -0.2) is 19.3 Å². The summed E-state index contributed by atoms with van der Waals surface area (Å²) in [6.45, 7) is 4.33. The maximum Gasteiger partial charge on any atom is 0.254 e. The summed E-state index contributed by atoms with van der Waals surface area (Å²) in [5, 5.41) is -0.323. The molecule has 0 unspecified atom stereocenters. The molecule has 0 fully saturated rings. The number of halogens is 5. The van der Waals surface area contributed by atoms with Crippen LogP contribution in [0.5, 0.6) is 5.88 Å². The summed E-state index contributed by atoms with van der Waals surface area (Å²) in [7, 11) is 0. The number of hydrogen-bond donors (Lipinski definition) is 0. The Hall–Kier alpha value is -1.31. The van der Waals surface area contributed by atoms with Crippen LogP contribution in [0.1, 0.15) is 13.8 Å². The van der Waals surface area contributed by atoms with Gasteiger partial charge in [0.2, 0.25) is 16.4 Å². The predicted molar refractivity (Wildman–Crippen MR) is 79.3 cm³/mol. The first kappa shape index (κ1) is 18.7. The zero-order valence-electron chi connectivity index (χ0n) is 11.5. The summed E-state index contributed by atoms with van der Waals surface area (Å²) in [5.74, 6) is -1.03. The molecule has 0 aliphatic carbocycles. The molecule has 0 atom stereocenters. The van der Waals surface area contributed by atoms with E-state index in [1.807, 2.05) is 13.8 Å². The quantitative estimate of drug-likeness (QED) is 0.597. The minimum Gasteiger partial charge on any atom is -0.475 e. The van der Waals surface area contributed by atoms with Crippen molar-refractivity contribution >= 4 is 34.8 Å². The summed E-state index contributed by atoms with van der Waals surface area (Å²) in [6.07, 6.45) is 1.91. The Labute approximate surface area is 140 Å². The highest BCUT2D eigenvalue weighted by molar-refractivity contribution is 6.31. The van der Waals surface area contributed by atoms with E-state index in [0.717, 1.165) is 12.4 Å². The minimum atomic E-state index is -0.666. The first-order chi connectivity index (χ1) is 10.3. The Kier molecular flexibility index (Phi) is 7.64. The molecule has 5 nitrogen and oxygen atoms in total. The Bertz CT molecular complexity index is 631. The average Bonchev–Trinajstić information content (AvgIpc) is 2.45. The normalized spacial score (nSPS) is 10.2. The van der Waals surface area contributed by atoms with E-state index in [0.29, 0.717) is 12.5 Å². The van der Waals surface area contributed by atoms with Gasteiger partial charge in [-0.15, -0.1) is 0 Å². The van der Waals surface area contributed by atoms with Gasteiger partial charge in [-0.3, -0.25) is 0 Å². The van der Waals surface area contributed by atoms with E-state index in [9.17, 15) is 8.78 Å². The monoisotopic (exact) mass is 370 g/mol. The molecule has 0 aromatic carbocycles. The van der Waals surface area contributed by atoms with Crippen molar-refractivity contribution in [2.24, 2.45) is 5.92 Å². The third kappa shape index (κ3) is 6.64. The molecule has 10 heteroatoms. The number of hydrogen-bond acceptors (Lipinski definition) is 5. The molecule has 2 aromatic heterocycles. The molecular formula is C12H11Cl3F2N4O. The fourth-order valence-corrected chi connectivity index (χ4v) is 1.44. The fourth-order valence-electron chi connectivity index (χ4n) is 1.00. The lowest BCUT2D eigenvalue weighted by atomic mass is 10.2. The molecule has 120 valence electrons. The van der Waals surface area contributed by atoms with Gasteiger partial charge in [0, 0.05) is 0 Å². The van der Waals surface area contributed by atoms with Crippen molar-refractivity contribution in [2.45, 2.75) is 13.8 Å². The standard InChI is InChI=1S/C8H10ClFN2O.C4HCl2FN2/c1-5(2)4-13-7-6(10)3-11-8(9)12-7;5-3-2(7)1-8-4(6)9-3/h3,5H,4H2,1-2H3;1H. The van der Waals surface area contributed by atoms with Gasteiger partial charge in [0.15, 0.2) is 11.0 Å². The van der Waals surface area contributed by atoms with Crippen molar-refractivity contribution in [1.29, 1.82) is 0 Å². The third-order valence-corrected chi connectivity index (χ3v) is 2.54. The summed E-state index contributed by atoms with van der Waals surface area (Å²) in [5.41, 5.74) is 0. The fraction of sp³-hybridized carbons (Fsp3) is 0.333. The lowest BCUT2D eigenvalue weighted by Gasteiger charge is -2.07. The molecule has 22 heavy (non-hydrogen) atoms. The van der Waals surface area contributed by atoms with Crippen molar-refractivity contribution in [3.63, 3.8) is 0 Å². The van der Waals surface area contributed by atoms with Crippen molar-refractivity contribution in [2.75, 3.05) is 6.61 Å². The molecule has 2 rings (SSSR count). The Morgan fingerprint density at radius 1 is 1.00 bits per heavy atom. The lowest BCUT2D eigenvalue weighted by molar-refractivity contribution is 0.248. The average molecular weight is 372 g/mol. The number of aromatic nitrogens is 4. The SMILES string of the molecule is CC(C)COc1nc(Cl)ncc1F.Fc1cnc(Cl)nc1Cl. The highest BCUT2D eigenvalue weighted by atomic mass is 35.5. The largest absolute Gasteiger partial charge is 0.475 e. The van der Waals surface area contributed by atoms with E-state index in [1.165, 1.54) is 0 Å². The summed E-state index contributed by atoms with van der Waals surface area (Å²) in [4.78, 5) is 13.7. The van der Waals surface area contributed by atoms with Gasteiger partial charge in [-0.2, -0.15) is 9.37 Å². The zero-order valence-corrected chi connectivity index (χ0v) is 13.8. The molecule has 2 heterocycles. The van der Waals surface area contributed by atoms with Gasteiger partial charge in [0.05, 0.1) is 19.0 Å². The molecule has 0 saturated heterocycles. The number of rotatable bonds is 3. The minimum absolute atomic E-state index is 0.0137. The summed E-state index contributed by atoms with van der Waals surface area (Å²) in [6, 6.07) is 0. The van der Waals surface area contributed by atoms with Crippen molar-refractivity contribution in [3.05, 3.63) is 39.7 Å². The topological polar surface area (TPSA) is 60.8 Å². The van der Waals surface area contributed by atoms with Crippen molar-refractivity contribution in [1.82, 2.24) is 19.9 Å². The van der Waals surface area contributed by atoms with E-state index in [2.05, 4.69) is 19.9 Å². The van der Waals surface area contributed by atoms with Crippen LogP contribution in [-0.4, -0.2) is 26.5 Å². The van der Waals surface area contributed by atoms with Crippen LogP contribution >= 0.6 is 34.8 Å². The molecule has 0 aliphatic heterocycles. The van der Waals surface area contributed by atoms with Crippen molar-refractivity contribution < 1.29 is 13.5 Å². The Morgan fingerprint density at radius 3 is 2.05 bits per heavy atom. The van der Waals surface area contributed by atoms with E-state index >= 15 is 0 Å². The molecule has 0 N–H and O–H groups in total. The van der Waals surface area contributed by atoms with E-state index < -0.39 is 11.6 Å². The maximum absolute atomic E-state index is 12.9. The highest BCUT2D eigenvalue weighted by Gasteiger charge is 2.07. The van der Waals surface area contributed by atoms with Crippen LogP contribution < -0.4 is 4.74 Å². The van der Waals surface area contributed by atoms with Gasteiger partial charge < -0.3 is 4.74 Å². The Balaban J connectivity index is 0.000000235. The lowest BCUT2D eigenvalue weighted by Crippen LogP contribution is -2.07. The molecule has 0 radical (unpaired) electrons. The molecule has 0 bridgehead atoms. The van der Waals surface area contributed by atoms with Crippen molar-refractivity contribution in [3.8, 4) is 5.88 Å². The van der Waals surface area contributed by atoms with Crippen LogP contribution in [0.4, 0.5) is 8.78 Å². The first-order valence-corrected chi connectivity index (χ1v) is 7.07. The van der Waals surface area contributed by atoms with E-state index in [-0.39, 0.29) is 21.6 Å². The smallest absolute Gasteiger partial charge is 0.254 e. The zero-order chi connectivity index (χ0) is 16.7. The maximum atomic E-state index is 12.9. The van der Waals surface area contributed by atoms with Gasteiger partial charge in [0.1, 0.15) is 0 Å². The van der Waals surface area contributed by atoms with Crippen LogP contribution in [0.2, 0.25) is 15.7 Å². The van der Waals surface area contributed by atoms with Gasteiger partial charge >= 0.3 is 0 Å². The van der Waals surface area contributed by atoms with Gasteiger partial charge in [-0.1, -0.05) is 25.4 Å². The molecule has 0 amide bonds. The van der Waals surface area contributed by atoms with Crippen LogP contribution in [0.15, 0.2) is 12.4 Å². The Morgan fingerprint density at radius 2 is 1.55 bits per heavy atom. The van der Waals surface area contributed by atoms with Crippen LogP contribution in [-0.2, 0) is 0 Å². The molecule has 0 saturated carbocycles. The third-order valence-electron chi connectivity index (χ3n) is 1.91. The number of ether oxygens (including phenoxy) is 1. The predicted octanol–water partition coefficient (Wildman–Crippen LogP) is 4.23. The summed E-state index contributed by atoms with van der Waals surface area (Å²) >= 11 is 15.9. The second-order valence-corrected chi connectivity index (χ2v) is 5.31. The summed E-state index contributed by atoms with van der Waals surface area (Å²) < 4.78 is 30.2. The van der Waals surface area contributed by atoms with E-state index in [4.69, 9.17) is 39.5 Å². The molecule has 0 spiro atoms.